The van der Waals surface area contributed by atoms with Gasteiger partial charge < -0.3 is 9.55 Å². The number of hydrogen-bond donors (Lipinski definition) is 1. The van der Waals surface area contributed by atoms with Crippen molar-refractivity contribution in [1.82, 2.24) is 9.55 Å². The molecule has 20 heavy (non-hydrogen) atoms. The fourth-order valence-corrected chi connectivity index (χ4v) is 2.88. The topological polar surface area (TPSA) is 20.7 Å². The van der Waals surface area contributed by atoms with Gasteiger partial charge in [0.25, 0.3) is 0 Å². The summed E-state index contributed by atoms with van der Waals surface area (Å²) in [6.45, 7) is 2.69. The van der Waals surface area contributed by atoms with E-state index in [0.717, 1.165) is 11.0 Å². The Morgan fingerprint density at radius 3 is 2.80 bits per heavy atom. The lowest BCUT2D eigenvalue weighted by Gasteiger charge is -2.08. The normalized spacial score (nSPS) is 11.2. The number of benzene rings is 2. The van der Waals surface area contributed by atoms with Crippen molar-refractivity contribution in [3.05, 3.63) is 62.6 Å². The fourth-order valence-electron chi connectivity index (χ4n) is 2.27. The maximum atomic E-state index is 13.7. The Labute approximate surface area is 129 Å². The van der Waals surface area contributed by atoms with E-state index in [1.165, 1.54) is 17.2 Å². The number of H-pyrrole nitrogens is 1. The largest absolute Gasteiger partial charge is 0.331 e. The van der Waals surface area contributed by atoms with Gasteiger partial charge in [-0.05, 0) is 52.3 Å². The highest BCUT2D eigenvalue weighted by molar-refractivity contribution is 9.10. The highest BCUT2D eigenvalue weighted by Crippen LogP contribution is 2.24. The van der Waals surface area contributed by atoms with E-state index < -0.39 is 0 Å². The lowest BCUT2D eigenvalue weighted by molar-refractivity contribution is 0.622. The van der Waals surface area contributed by atoms with Gasteiger partial charge in [0.15, 0.2) is 4.77 Å². The van der Waals surface area contributed by atoms with Gasteiger partial charge in [-0.15, -0.1) is 0 Å². The predicted molar refractivity (Wildman–Crippen MR) is 85.1 cm³/mol. The summed E-state index contributed by atoms with van der Waals surface area (Å²) in [6.07, 6.45) is 0. The van der Waals surface area contributed by atoms with E-state index in [1.54, 1.807) is 6.07 Å². The first-order valence-corrected chi connectivity index (χ1v) is 7.38. The number of aromatic nitrogens is 2. The van der Waals surface area contributed by atoms with Crippen LogP contribution in [0.1, 0.15) is 11.1 Å². The number of aromatic amines is 1. The molecule has 0 unspecified atom stereocenters. The van der Waals surface area contributed by atoms with Crippen LogP contribution in [0.3, 0.4) is 0 Å². The first-order chi connectivity index (χ1) is 9.56. The van der Waals surface area contributed by atoms with Gasteiger partial charge in [-0.1, -0.05) is 24.3 Å². The highest BCUT2D eigenvalue weighted by atomic mass is 79.9. The van der Waals surface area contributed by atoms with E-state index in [2.05, 4.69) is 40.0 Å². The molecule has 0 radical (unpaired) electrons. The van der Waals surface area contributed by atoms with Gasteiger partial charge in [-0.3, -0.25) is 0 Å². The molecule has 2 aromatic carbocycles. The van der Waals surface area contributed by atoms with E-state index in [-0.39, 0.29) is 5.82 Å². The Morgan fingerprint density at radius 2 is 2.05 bits per heavy atom. The molecular formula is C15H12BrFN2S. The van der Waals surface area contributed by atoms with E-state index in [9.17, 15) is 4.39 Å². The van der Waals surface area contributed by atoms with Crippen molar-refractivity contribution in [2.45, 2.75) is 13.5 Å². The zero-order valence-electron chi connectivity index (χ0n) is 10.8. The Balaban J connectivity index is 2.17. The molecule has 0 saturated carbocycles. The molecule has 0 spiro atoms. The van der Waals surface area contributed by atoms with Crippen LogP contribution in [0.2, 0.25) is 0 Å². The molecule has 1 N–H and O–H groups in total. The van der Waals surface area contributed by atoms with Crippen LogP contribution in [0.15, 0.2) is 40.9 Å². The number of halogens is 2. The number of nitrogens with zero attached hydrogens (tertiary/aromatic N) is 1. The van der Waals surface area contributed by atoms with Crippen LogP contribution < -0.4 is 0 Å². The molecule has 102 valence electrons. The van der Waals surface area contributed by atoms with E-state index in [1.807, 2.05) is 16.7 Å². The van der Waals surface area contributed by atoms with E-state index >= 15 is 0 Å². The summed E-state index contributed by atoms with van der Waals surface area (Å²) in [4.78, 5) is 3.12. The quantitative estimate of drug-likeness (QED) is 0.648. The summed E-state index contributed by atoms with van der Waals surface area (Å²) in [5, 5.41) is 0. The second kappa shape index (κ2) is 5.14. The Morgan fingerprint density at radius 1 is 1.30 bits per heavy atom. The monoisotopic (exact) mass is 350 g/mol. The molecule has 5 heteroatoms. The molecule has 0 fully saturated rings. The van der Waals surface area contributed by atoms with Crippen LogP contribution in [-0.2, 0) is 6.54 Å². The Hall–Kier alpha value is -1.46. The summed E-state index contributed by atoms with van der Waals surface area (Å²) in [7, 11) is 0. The van der Waals surface area contributed by atoms with Gasteiger partial charge in [0.1, 0.15) is 5.82 Å². The summed E-state index contributed by atoms with van der Waals surface area (Å²) < 4.78 is 16.7. The minimum atomic E-state index is -0.287. The minimum Gasteiger partial charge on any atom is -0.331 e. The maximum absolute atomic E-state index is 13.7. The highest BCUT2D eigenvalue weighted by Gasteiger charge is 2.10. The number of aryl methyl sites for hydroxylation is 1. The van der Waals surface area contributed by atoms with Crippen LogP contribution >= 0.6 is 28.1 Å². The number of fused-ring (bicyclic) bond motifs is 1. The van der Waals surface area contributed by atoms with Gasteiger partial charge in [0.05, 0.1) is 22.1 Å². The molecule has 0 saturated heterocycles. The van der Waals surface area contributed by atoms with Crippen molar-refractivity contribution < 1.29 is 4.39 Å². The fraction of sp³-hybridized carbons (Fsp3) is 0.133. The molecule has 0 aliphatic carbocycles. The molecule has 0 atom stereocenters. The molecule has 2 nitrogen and oxygen atoms in total. The molecule has 0 aliphatic rings. The van der Waals surface area contributed by atoms with Crippen LogP contribution in [-0.4, -0.2) is 9.55 Å². The lowest BCUT2D eigenvalue weighted by Crippen LogP contribution is -2.01. The standard InChI is InChI=1S/C15H12BrFN2S/c1-9-4-2-3-5-10(9)8-19-14-7-12(17)11(16)6-13(14)18-15(19)20/h2-7H,8H2,1H3,(H,18,20). The molecule has 0 aliphatic heterocycles. The van der Waals surface area contributed by atoms with Crippen molar-refractivity contribution in [3.63, 3.8) is 0 Å². The van der Waals surface area contributed by atoms with E-state index in [0.29, 0.717) is 15.8 Å². The maximum Gasteiger partial charge on any atom is 0.178 e. The lowest BCUT2D eigenvalue weighted by atomic mass is 10.1. The van der Waals surface area contributed by atoms with Crippen LogP contribution in [0, 0.1) is 17.5 Å². The summed E-state index contributed by atoms with van der Waals surface area (Å²) in [5.74, 6) is -0.287. The SMILES string of the molecule is Cc1ccccc1Cn1c(=S)[nH]c2cc(Br)c(F)cc21. The molecule has 1 aromatic heterocycles. The van der Waals surface area contributed by atoms with Crippen LogP contribution in [0.5, 0.6) is 0 Å². The van der Waals surface area contributed by atoms with Gasteiger partial charge in [0, 0.05) is 6.07 Å². The average molecular weight is 351 g/mol. The number of nitrogens with one attached hydrogen (secondary N) is 1. The average Bonchev–Trinajstić information content (AvgIpc) is 2.69. The van der Waals surface area contributed by atoms with Gasteiger partial charge in [-0.25, -0.2) is 4.39 Å². The second-order valence-electron chi connectivity index (χ2n) is 4.73. The molecule has 0 amide bonds. The first-order valence-electron chi connectivity index (χ1n) is 6.18. The van der Waals surface area contributed by atoms with Crippen molar-refractivity contribution in [3.8, 4) is 0 Å². The van der Waals surface area contributed by atoms with Crippen molar-refractivity contribution in [1.29, 1.82) is 0 Å². The van der Waals surface area contributed by atoms with Crippen molar-refractivity contribution in [2.75, 3.05) is 0 Å². The number of hydrogen-bond acceptors (Lipinski definition) is 1. The Bertz CT molecular complexity index is 851. The molecule has 0 bridgehead atoms. The van der Waals surface area contributed by atoms with E-state index in [4.69, 9.17) is 12.2 Å². The smallest absolute Gasteiger partial charge is 0.178 e. The first kappa shape index (κ1) is 13.5. The summed E-state index contributed by atoms with van der Waals surface area (Å²) in [5.41, 5.74) is 3.98. The minimum absolute atomic E-state index is 0.287. The third-order valence-electron chi connectivity index (χ3n) is 3.41. The Kier molecular flexibility index (Phi) is 3.48. The zero-order valence-corrected chi connectivity index (χ0v) is 13.2. The van der Waals surface area contributed by atoms with Gasteiger partial charge in [-0.2, -0.15) is 0 Å². The zero-order chi connectivity index (χ0) is 14.3. The second-order valence-corrected chi connectivity index (χ2v) is 5.97. The number of imidazole rings is 1. The van der Waals surface area contributed by atoms with Crippen molar-refractivity contribution in [2.24, 2.45) is 0 Å². The molecule has 3 rings (SSSR count). The van der Waals surface area contributed by atoms with Crippen LogP contribution in [0.4, 0.5) is 4.39 Å². The summed E-state index contributed by atoms with van der Waals surface area (Å²) in [6, 6.07) is 11.3. The summed E-state index contributed by atoms with van der Waals surface area (Å²) >= 11 is 8.54. The van der Waals surface area contributed by atoms with Gasteiger partial charge in [0.2, 0.25) is 0 Å². The molecular weight excluding hydrogens is 339 g/mol. The van der Waals surface area contributed by atoms with Crippen LogP contribution in [0.25, 0.3) is 11.0 Å². The predicted octanol–water partition coefficient (Wildman–Crippen LogP) is 4.96. The third kappa shape index (κ3) is 2.31. The third-order valence-corrected chi connectivity index (χ3v) is 4.34. The van der Waals surface area contributed by atoms with Gasteiger partial charge >= 0.3 is 0 Å². The molecule has 1 heterocycles. The molecule has 3 aromatic rings. The van der Waals surface area contributed by atoms with Crippen molar-refractivity contribution >= 4 is 39.2 Å². The number of rotatable bonds is 2.